The number of ether oxygens (including phenoxy) is 1. The van der Waals surface area contributed by atoms with Crippen LogP contribution in [0.1, 0.15) is 26.3 Å². The van der Waals surface area contributed by atoms with Gasteiger partial charge in [-0.25, -0.2) is 15.6 Å². The maximum absolute atomic E-state index is 11.7. The van der Waals surface area contributed by atoms with Gasteiger partial charge in [0.25, 0.3) is 0 Å². The van der Waals surface area contributed by atoms with Crippen molar-refractivity contribution < 1.29 is 9.53 Å². The number of carbonyl (C=O) groups is 1. The second kappa shape index (κ2) is 6.53. The maximum atomic E-state index is 11.7. The monoisotopic (exact) mass is 296 g/mol. The van der Waals surface area contributed by atoms with E-state index in [4.69, 9.17) is 28.5 Å². The van der Waals surface area contributed by atoms with E-state index in [0.717, 1.165) is 16.3 Å². The molecule has 0 aliphatic carbocycles. The van der Waals surface area contributed by atoms with Gasteiger partial charge in [0.05, 0.1) is 6.54 Å². The third kappa shape index (κ3) is 5.85. The Morgan fingerprint density at radius 3 is 2.65 bits per heavy atom. The average Bonchev–Trinajstić information content (AvgIpc) is 2.26. The third-order valence-corrected chi connectivity index (χ3v) is 2.28. The lowest BCUT2D eigenvalue weighted by molar-refractivity contribution is 0.0231. The van der Waals surface area contributed by atoms with Gasteiger partial charge in [0, 0.05) is 5.69 Å². The molecule has 0 saturated carbocycles. The van der Waals surface area contributed by atoms with E-state index in [-0.39, 0.29) is 11.7 Å². The first-order chi connectivity index (χ1) is 9.17. The summed E-state index contributed by atoms with van der Waals surface area (Å²) in [5.74, 6) is 5.70. The maximum Gasteiger partial charge on any atom is 0.424 e. The molecule has 110 valence electrons. The Hall–Kier alpha value is -1.86. The van der Waals surface area contributed by atoms with Crippen LogP contribution >= 0.6 is 12.2 Å². The first-order valence-corrected chi connectivity index (χ1v) is 6.49. The highest BCUT2D eigenvalue weighted by molar-refractivity contribution is 7.80. The fraction of sp³-hybridized carbons (Fsp3) is 0.385. The standard InChI is InChI=1S/C13H20N4O2S/c1-13(2,3)19-12(18)17(15)8-9-5-4-6-10(7-9)16-11(14)20/h4-7H,8,15H2,1-3H3,(H3,14,16,20). The number of hydrazine groups is 1. The van der Waals surface area contributed by atoms with Crippen molar-refractivity contribution in [2.45, 2.75) is 32.9 Å². The Kier molecular flexibility index (Phi) is 5.29. The molecule has 0 aromatic heterocycles. The molecule has 0 saturated heterocycles. The first kappa shape index (κ1) is 16.2. The molecule has 0 fully saturated rings. The number of hydrogen-bond donors (Lipinski definition) is 3. The van der Waals surface area contributed by atoms with E-state index < -0.39 is 11.7 Å². The van der Waals surface area contributed by atoms with Gasteiger partial charge < -0.3 is 15.8 Å². The summed E-state index contributed by atoms with van der Waals surface area (Å²) >= 11 is 4.77. The zero-order valence-corrected chi connectivity index (χ0v) is 12.7. The molecule has 20 heavy (non-hydrogen) atoms. The molecule has 0 atom stereocenters. The molecule has 1 rings (SSSR count). The van der Waals surface area contributed by atoms with Crippen LogP contribution in [0.3, 0.4) is 0 Å². The number of nitrogens with one attached hydrogen (secondary N) is 1. The predicted molar refractivity (Wildman–Crippen MR) is 82.8 cm³/mol. The number of carbonyl (C=O) groups excluding carboxylic acids is 1. The van der Waals surface area contributed by atoms with Crippen LogP contribution in [0.4, 0.5) is 10.5 Å². The summed E-state index contributed by atoms with van der Waals surface area (Å²) in [4.78, 5) is 11.7. The van der Waals surface area contributed by atoms with E-state index >= 15 is 0 Å². The molecule has 7 heteroatoms. The topological polar surface area (TPSA) is 93.6 Å². The molecule has 5 N–H and O–H groups in total. The van der Waals surface area contributed by atoms with Crippen molar-refractivity contribution in [1.29, 1.82) is 0 Å². The van der Waals surface area contributed by atoms with Gasteiger partial charge in [-0.1, -0.05) is 12.1 Å². The Morgan fingerprint density at radius 1 is 1.45 bits per heavy atom. The first-order valence-electron chi connectivity index (χ1n) is 6.08. The van der Waals surface area contributed by atoms with E-state index in [1.807, 2.05) is 24.3 Å². The second-order valence-electron chi connectivity index (χ2n) is 5.30. The van der Waals surface area contributed by atoms with E-state index in [2.05, 4.69) is 5.32 Å². The van der Waals surface area contributed by atoms with Gasteiger partial charge in [-0.3, -0.25) is 0 Å². The summed E-state index contributed by atoms with van der Waals surface area (Å²) < 4.78 is 5.17. The molecular weight excluding hydrogens is 276 g/mol. The van der Waals surface area contributed by atoms with Crippen LogP contribution in [0.25, 0.3) is 0 Å². The molecule has 1 aromatic carbocycles. The van der Waals surface area contributed by atoms with Crippen molar-refractivity contribution in [3.63, 3.8) is 0 Å². The van der Waals surface area contributed by atoms with Gasteiger partial charge in [0.1, 0.15) is 5.60 Å². The minimum absolute atomic E-state index is 0.180. The van der Waals surface area contributed by atoms with Gasteiger partial charge in [-0.05, 0) is 50.7 Å². The smallest absolute Gasteiger partial charge is 0.424 e. The Labute approximate surface area is 124 Å². The minimum atomic E-state index is -0.580. The number of hydrogen-bond acceptors (Lipinski definition) is 4. The summed E-state index contributed by atoms with van der Waals surface area (Å²) in [5.41, 5.74) is 6.40. The largest absolute Gasteiger partial charge is 0.443 e. The number of anilines is 1. The highest BCUT2D eigenvalue weighted by atomic mass is 32.1. The molecule has 6 nitrogen and oxygen atoms in total. The zero-order chi connectivity index (χ0) is 15.3. The van der Waals surface area contributed by atoms with Gasteiger partial charge in [-0.2, -0.15) is 0 Å². The molecule has 0 aliphatic heterocycles. The van der Waals surface area contributed by atoms with Crippen LogP contribution in [-0.2, 0) is 11.3 Å². The summed E-state index contributed by atoms with van der Waals surface area (Å²) in [7, 11) is 0. The lowest BCUT2D eigenvalue weighted by Gasteiger charge is -2.24. The molecule has 0 heterocycles. The minimum Gasteiger partial charge on any atom is -0.443 e. The van der Waals surface area contributed by atoms with Crippen LogP contribution in [0, 0.1) is 0 Å². The zero-order valence-electron chi connectivity index (χ0n) is 11.8. The number of rotatable bonds is 3. The normalized spacial score (nSPS) is 10.8. The SMILES string of the molecule is CC(C)(C)OC(=O)N(N)Cc1cccc(NC(N)=S)c1. The number of benzene rings is 1. The number of thiocarbonyl (C=S) groups is 1. The van der Waals surface area contributed by atoms with Crippen molar-refractivity contribution >= 4 is 29.1 Å². The van der Waals surface area contributed by atoms with Crippen molar-refractivity contribution in [3.8, 4) is 0 Å². The van der Waals surface area contributed by atoms with Crippen molar-refractivity contribution in [2.75, 3.05) is 5.32 Å². The fourth-order valence-corrected chi connectivity index (χ4v) is 1.59. The number of amides is 1. The van der Waals surface area contributed by atoms with Crippen LogP contribution in [-0.4, -0.2) is 21.8 Å². The Morgan fingerprint density at radius 2 is 2.10 bits per heavy atom. The molecule has 0 spiro atoms. The van der Waals surface area contributed by atoms with Crippen molar-refractivity contribution in [2.24, 2.45) is 11.6 Å². The molecule has 0 unspecified atom stereocenters. The molecule has 0 radical (unpaired) electrons. The highest BCUT2D eigenvalue weighted by Crippen LogP contribution is 2.13. The molecule has 0 aliphatic rings. The predicted octanol–water partition coefficient (Wildman–Crippen LogP) is 1.95. The van der Waals surface area contributed by atoms with Crippen LogP contribution in [0.5, 0.6) is 0 Å². The van der Waals surface area contributed by atoms with E-state index in [1.54, 1.807) is 20.8 Å². The van der Waals surface area contributed by atoms with Crippen molar-refractivity contribution in [1.82, 2.24) is 5.01 Å². The van der Waals surface area contributed by atoms with E-state index in [0.29, 0.717) is 0 Å². The van der Waals surface area contributed by atoms with Crippen molar-refractivity contribution in [3.05, 3.63) is 29.8 Å². The summed E-state index contributed by atoms with van der Waals surface area (Å²) in [6.45, 7) is 5.57. The van der Waals surface area contributed by atoms with Gasteiger partial charge in [0.2, 0.25) is 0 Å². The molecular formula is C13H20N4O2S. The average molecular weight is 296 g/mol. The van der Waals surface area contributed by atoms with Crippen LogP contribution < -0.4 is 16.9 Å². The number of nitrogens with two attached hydrogens (primary N) is 2. The fourth-order valence-electron chi connectivity index (χ4n) is 1.47. The van der Waals surface area contributed by atoms with Gasteiger partial charge >= 0.3 is 6.09 Å². The third-order valence-electron chi connectivity index (χ3n) is 2.18. The lowest BCUT2D eigenvalue weighted by atomic mass is 10.2. The summed E-state index contributed by atoms with van der Waals surface area (Å²) in [6.07, 6.45) is -0.579. The van der Waals surface area contributed by atoms with Gasteiger partial charge in [-0.15, -0.1) is 0 Å². The van der Waals surface area contributed by atoms with Gasteiger partial charge in [0.15, 0.2) is 5.11 Å². The number of nitrogens with zero attached hydrogens (tertiary/aromatic N) is 1. The highest BCUT2D eigenvalue weighted by Gasteiger charge is 2.20. The van der Waals surface area contributed by atoms with Crippen LogP contribution in [0.15, 0.2) is 24.3 Å². The second-order valence-corrected chi connectivity index (χ2v) is 5.74. The van der Waals surface area contributed by atoms with Crippen LogP contribution in [0.2, 0.25) is 0 Å². The Balaban J connectivity index is 2.68. The lowest BCUT2D eigenvalue weighted by Crippen LogP contribution is -2.40. The van der Waals surface area contributed by atoms with E-state index in [9.17, 15) is 4.79 Å². The quantitative estimate of drug-likeness (QED) is 0.342. The summed E-state index contributed by atoms with van der Waals surface area (Å²) in [5, 5.41) is 4.02. The molecule has 0 bridgehead atoms. The molecule has 1 amide bonds. The Bertz CT molecular complexity index is 499. The molecule has 1 aromatic rings. The van der Waals surface area contributed by atoms with E-state index in [1.165, 1.54) is 0 Å². The summed E-state index contributed by atoms with van der Waals surface area (Å²) in [6, 6.07) is 7.29.